The Balaban J connectivity index is 1.57. The van der Waals surface area contributed by atoms with Crippen LogP contribution in [0.4, 0.5) is 5.82 Å². The molecule has 1 fully saturated rings. The van der Waals surface area contributed by atoms with Crippen molar-refractivity contribution in [3.05, 3.63) is 59.8 Å². The van der Waals surface area contributed by atoms with Crippen LogP contribution < -0.4 is 5.32 Å². The van der Waals surface area contributed by atoms with E-state index in [0.29, 0.717) is 37.5 Å². The van der Waals surface area contributed by atoms with Gasteiger partial charge in [-0.1, -0.05) is 44.2 Å². The molecule has 5 nitrogen and oxygen atoms in total. The summed E-state index contributed by atoms with van der Waals surface area (Å²) in [5.41, 5.74) is 1.75. The molecule has 1 amide bonds. The summed E-state index contributed by atoms with van der Waals surface area (Å²) in [6.45, 7) is 6.04. The molecule has 1 atom stereocenters. The van der Waals surface area contributed by atoms with E-state index in [9.17, 15) is 9.59 Å². The number of hydrogen-bond donors (Lipinski definition) is 1. The average Bonchev–Trinajstić information content (AvgIpc) is 2.72. The Morgan fingerprint density at radius 3 is 2.64 bits per heavy atom. The number of ketones is 1. The van der Waals surface area contributed by atoms with Gasteiger partial charge in [-0.05, 0) is 36.5 Å². The predicted octanol–water partition coefficient (Wildman–Crippen LogP) is 4.16. The topological polar surface area (TPSA) is 62.3 Å². The van der Waals surface area contributed by atoms with Crippen molar-refractivity contribution in [2.75, 3.05) is 18.4 Å². The first-order valence-corrected chi connectivity index (χ1v) is 10.1. The predicted molar refractivity (Wildman–Crippen MR) is 111 cm³/mol. The first kappa shape index (κ1) is 20.1. The quantitative estimate of drug-likeness (QED) is 0.785. The van der Waals surface area contributed by atoms with Crippen molar-refractivity contribution in [1.82, 2.24) is 9.88 Å². The summed E-state index contributed by atoms with van der Waals surface area (Å²) >= 11 is 0. The van der Waals surface area contributed by atoms with Gasteiger partial charge >= 0.3 is 0 Å². The molecule has 0 bridgehead atoms. The lowest BCUT2D eigenvalue weighted by atomic mass is 9.89. The molecule has 3 rings (SSSR count). The van der Waals surface area contributed by atoms with Gasteiger partial charge < -0.3 is 10.2 Å². The van der Waals surface area contributed by atoms with Crippen LogP contribution in [0.15, 0.2) is 48.7 Å². The van der Waals surface area contributed by atoms with Crippen LogP contribution in [0, 0.1) is 11.8 Å². The molecule has 0 saturated carbocycles. The monoisotopic (exact) mass is 379 g/mol. The molecule has 2 aromatic rings. The number of nitrogens with zero attached hydrogens (tertiary/aromatic N) is 2. The molecule has 1 aliphatic heterocycles. The maximum atomic E-state index is 12.8. The zero-order valence-electron chi connectivity index (χ0n) is 16.7. The van der Waals surface area contributed by atoms with E-state index in [1.54, 1.807) is 11.1 Å². The lowest BCUT2D eigenvalue weighted by Crippen LogP contribution is -2.42. The Morgan fingerprint density at radius 2 is 1.96 bits per heavy atom. The minimum Gasteiger partial charge on any atom is -0.366 e. The van der Waals surface area contributed by atoms with Crippen LogP contribution >= 0.6 is 0 Å². The van der Waals surface area contributed by atoms with Gasteiger partial charge in [0.2, 0.25) is 0 Å². The Labute approximate surface area is 167 Å². The second-order valence-corrected chi connectivity index (χ2v) is 7.93. The van der Waals surface area contributed by atoms with Crippen molar-refractivity contribution in [2.45, 2.75) is 39.7 Å². The number of hydrogen-bond acceptors (Lipinski definition) is 4. The van der Waals surface area contributed by atoms with E-state index >= 15 is 0 Å². The minimum atomic E-state index is -0.0378. The molecule has 0 spiro atoms. The van der Waals surface area contributed by atoms with Gasteiger partial charge in [-0.25, -0.2) is 4.98 Å². The Hall–Kier alpha value is -2.69. The van der Waals surface area contributed by atoms with Crippen LogP contribution in [-0.4, -0.2) is 34.7 Å². The molecule has 5 heteroatoms. The number of carbonyl (C=O) groups is 2. The highest BCUT2D eigenvalue weighted by Crippen LogP contribution is 2.22. The minimum absolute atomic E-state index is 0.0279. The van der Waals surface area contributed by atoms with Crippen LogP contribution in [0.3, 0.4) is 0 Å². The van der Waals surface area contributed by atoms with E-state index in [2.05, 4.69) is 36.3 Å². The third-order valence-electron chi connectivity index (χ3n) is 5.10. The number of carbonyl (C=O) groups excluding carboxylic acids is 2. The number of piperidine rings is 1. The second kappa shape index (κ2) is 9.49. The largest absolute Gasteiger partial charge is 0.366 e. The molecule has 1 saturated heterocycles. The molecule has 2 heterocycles. The maximum absolute atomic E-state index is 12.8. The Morgan fingerprint density at radius 1 is 1.18 bits per heavy atom. The number of nitrogens with one attached hydrogen (secondary N) is 1. The second-order valence-electron chi connectivity index (χ2n) is 7.93. The van der Waals surface area contributed by atoms with Crippen LogP contribution in [-0.2, 0) is 11.3 Å². The molecule has 1 aromatic carbocycles. The number of likely N-dealkylation sites (tertiary alicyclic amines) is 1. The molecule has 1 aromatic heterocycles. The summed E-state index contributed by atoms with van der Waals surface area (Å²) < 4.78 is 0. The normalized spacial score (nSPS) is 16.8. The number of aromatic nitrogens is 1. The van der Waals surface area contributed by atoms with Crippen LogP contribution in [0.2, 0.25) is 0 Å². The van der Waals surface area contributed by atoms with Crippen molar-refractivity contribution < 1.29 is 9.59 Å². The summed E-state index contributed by atoms with van der Waals surface area (Å²) in [5, 5.41) is 3.27. The van der Waals surface area contributed by atoms with Gasteiger partial charge in [0.25, 0.3) is 5.91 Å². The number of pyridine rings is 1. The van der Waals surface area contributed by atoms with E-state index in [4.69, 9.17) is 0 Å². The Bertz CT molecular complexity index is 787. The molecule has 1 N–H and O–H groups in total. The number of rotatable bonds is 7. The molecule has 1 aliphatic rings. The lowest BCUT2D eigenvalue weighted by molar-refractivity contribution is -0.124. The van der Waals surface area contributed by atoms with Crippen molar-refractivity contribution in [1.29, 1.82) is 0 Å². The summed E-state index contributed by atoms with van der Waals surface area (Å²) in [4.78, 5) is 31.4. The number of amides is 1. The molecule has 148 valence electrons. The summed E-state index contributed by atoms with van der Waals surface area (Å²) in [6.07, 6.45) is 3.98. The third-order valence-corrected chi connectivity index (χ3v) is 5.10. The maximum Gasteiger partial charge on any atom is 0.255 e. The standard InChI is InChI=1S/C23H29N3O2/c1-17(2)13-21(27)20-9-6-12-26(16-20)23(28)19-10-11-22(25-15-19)24-14-18-7-4-3-5-8-18/h3-5,7-8,10-11,15,17,20H,6,9,12-14,16H2,1-2H3,(H,24,25). The van der Waals surface area contributed by atoms with Crippen LogP contribution in [0.25, 0.3) is 0 Å². The zero-order valence-corrected chi connectivity index (χ0v) is 16.7. The molecule has 1 unspecified atom stereocenters. The van der Waals surface area contributed by atoms with E-state index in [1.165, 1.54) is 5.56 Å². The van der Waals surface area contributed by atoms with Gasteiger partial charge in [0, 0.05) is 38.2 Å². The van der Waals surface area contributed by atoms with E-state index in [0.717, 1.165) is 18.7 Å². The van der Waals surface area contributed by atoms with Crippen molar-refractivity contribution in [2.24, 2.45) is 11.8 Å². The van der Waals surface area contributed by atoms with Gasteiger partial charge in [-0.2, -0.15) is 0 Å². The van der Waals surface area contributed by atoms with E-state index < -0.39 is 0 Å². The van der Waals surface area contributed by atoms with E-state index in [-0.39, 0.29) is 17.6 Å². The fraction of sp³-hybridized carbons (Fsp3) is 0.435. The highest BCUT2D eigenvalue weighted by Gasteiger charge is 2.29. The molecular formula is C23H29N3O2. The third kappa shape index (κ3) is 5.41. The first-order valence-electron chi connectivity index (χ1n) is 10.1. The van der Waals surface area contributed by atoms with Crippen molar-refractivity contribution in [3.63, 3.8) is 0 Å². The number of Topliss-reactive ketones (excluding diaryl/α,β-unsaturated/α-hetero) is 1. The van der Waals surface area contributed by atoms with Gasteiger partial charge in [-0.15, -0.1) is 0 Å². The fourth-order valence-electron chi connectivity index (χ4n) is 3.59. The number of benzene rings is 1. The summed E-state index contributed by atoms with van der Waals surface area (Å²) in [6, 6.07) is 13.7. The fourth-order valence-corrected chi connectivity index (χ4v) is 3.59. The smallest absolute Gasteiger partial charge is 0.255 e. The van der Waals surface area contributed by atoms with E-state index in [1.807, 2.05) is 30.3 Å². The molecule has 0 radical (unpaired) electrons. The average molecular weight is 380 g/mol. The first-order chi connectivity index (χ1) is 13.5. The van der Waals surface area contributed by atoms with Crippen molar-refractivity contribution >= 4 is 17.5 Å². The molecule has 28 heavy (non-hydrogen) atoms. The van der Waals surface area contributed by atoms with Gasteiger partial charge in [0.1, 0.15) is 11.6 Å². The van der Waals surface area contributed by atoms with Crippen LogP contribution in [0.5, 0.6) is 0 Å². The molecular weight excluding hydrogens is 350 g/mol. The van der Waals surface area contributed by atoms with Gasteiger partial charge in [0.15, 0.2) is 0 Å². The Kier molecular flexibility index (Phi) is 6.80. The molecule has 0 aliphatic carbocycles. The van der Waals surface area contributed by atoms with Gasteiger partial charge in [-0.3, -0.25) is 9.59 Å². The van der Waals surface area contributed by atoms with Crippen LogP contribution in [0.1, 0.15) is 49.0 Å². The van der Waals surface area contributed by atoms with Crippen molar-refractivity contribution in [3.8, 4) is 0 Å². The summed E-state index contributed by atoms with van der Waals surface area (Å²) in [7, 11) is 0. The highest BCUT2D eigenvalue weighted by molar-refractivity contribution is 5.94. The zero-order chi connectivity index (χ0) is 19.9. The van der Waals surface area contributed by atoms with Gasteiger partial charge in [0.05, 0.1) is 5.56 Å². The summed E-state index contributed by atoms with van der Waals surface area (Å²) in [5.74, 6) is 1.32. The number of anilines is 1. The SMILES string of the molecule is CC(C)CC(=O)C1CCCN(C(=O)c2ccc(NCc3ccccc3)nc2)C1. The lowest BCUT2D eigenvalue weighted by Gasteiger charge is -2.32. The highest BCUT2D eigenvalue weighted by atomic mass is 16.2.